The number of H-pyrrole nitrogens is 1. The molecule has 0 aliphatic carbocycles. The molecule has 0 fully saturated rings. The van der Waals surface area contributed by atoms with Crippen LogP contribution in [0.5, 0.6) is 5.75 Å². The van der Waals surface area contributed by atoms with E-state index in [9.17, 15) is 14.9 Å². The molecule has 3 rings (SSSR count). The summed E-state index contributed by atoms with van der Waals surface area (Å²) in [5, 5.41) is 12.3. The van der Waals surface area contributed by atoms with Gasteiger partial charge in [0.25, 0.3) is 5.56 Å². The Morgan fingerprint density at radius 1 is 1.32 bits per heavy atom. The second-order valence-corrected chi connectivity index (χ2v) is 7.34. The molecule has 2 heterocycles. The molecule has 160 valence electrons. The van der Waals surface area contributed by atoms with Gasteiger partial charge < -0.3 is 19.6 Å². The maximum absolute atomic E-state index is 12.9. The van der Waals surface area contributed by atoms with Crippen LogP contribution >= 0.6 is 0 Å². The highest BCUT2D eigenvalue weighted by Crippen LogP contribution is 2.23. The molecule has 8 nitrogen and oxygen atoms in total. The van der Waals surface area contributed by atoms with E-state index in [-0.39, 0.29) is 17.9 Å². The van der Waals surface area contributed by atoms with E-state index in [1.165, 1.54) is 0 Å². The van der Waals surface area contributed by atoms with Gasteiger partial charge in [0.1, 0.15) is 29.2 Å². The van der Waals surface area contributed by atoms with E-state index >= 15 is 0 Å². The molecule has 0 aliphatic heterocycles. The predicted octanol–water partition coefficient (Wildman–Crippen LogP) is 2.44. The zero-order valence-corrected chi connectivity index (χ0v) is 18.0. The van der Waals surface area contributed by atoms with Crippen LogP contribution in [-0.4, -0.2) is 27.6 Å². The predicted molar refractivity (Wildman–Crippen MR) is 116 cm³/mol. The maximum Gasteiger partial charge on any atom is 0.266 e. The van der Waals surface area contributed by atoms with Crippen molar-refractivity contribution in [2.24, 2.45) is 7.05 Å². The first-order valence-corrected chi connectivity index (χ1v) is 9.88. The second-order valence-electron chi connectivity index (χ2n) is 7.34. The number of benzene rings is 1. The van der Waals surface area contributed by atoms with Gasteiger partial charge in [-0.25, -0.2) is 4.98 Å². The zero-order chi connectivity index (χ0) is 22.5. The van der Waals surface area contributed by atoms with Gasteiger partial charge in [0.2, 0.25) is 5.91 Å². The standard InChI is InChI=1S/C23H25N5O3/c1-14-18(15(2)26-23(30)19(14)13-24)9-10-20(29)27-21(22-25-11-12-28(22)3)16-5-7-17(31-4)8-6-16/h5-8,11-12,21H,9-10H2,1-4H3,(H,26,30)(H,27,29). The van der Waals surface area contributed by atoms with E-state index in [1.54, 1.807) is 27.2 Å². The van der Waals surface area contributed by atoms with Crippen LogP contribution in [0.2, 0.25) is 0 Å². The summed E-state index contributed by atoms with van der Waals surface area (Å²) in [7, 11) is 3.48. The lowest BCUT2D eigenvalue weighted by atomic mass is 9.98. The molecule has 1 amide bonds. The van der Waals surface area contributed by atoms with Crippen molar-refractivity contribution in [1.82, 2.24) is 19.9 Å². The highest BCUT2D eigenvalue weighted by molar-refractivity contribution is 5.77. The average Bonchev–Trinajstić information content (AvgIpc) is 3.17. The molecule has 1 unspecified atom stereocenters. The molecule has 0 bridgehead atoms. The Balaban J connectivity index is 1.81. The largest absolute Gasteiger partial charge is 0.497 e. The number of aromatic amines is 1. The van der Waals surface area contributed by atoms with Gasteiger partial charge in [0, 0.05) is 31.6 Å². The normalized spacial score (nSPS) is 11.6. The fourth-order valence-corrected chi connectivity index (χ4v) is 3.64. The van der Waals surface area contributed by atoms with Crippen LogP contribution in [-0.2, 0) is 18.3 Å². The summed E-state index contributed by atoms with van der Waals surface area (Å²) in [6.07, 6.45) is 4.13. The molecule has 1 aromatic carbocycles. The third-order valence-electron chi connectivity index (χ3n) is 5.39. The Labute approximate surface area is 180 Å². The summed E-state index contributed by atoms with van der Waals surface area (Å²) in [5.74, 6) is 1.28. The number of carbonyl (C=O) groups is 1. The number of hydrogen-bond donors (Lipinski definition) is 2. The van der Waals surface area contributed by atoms with Crippen molar-refractivity contribution in [2.45, 2.75) is 32.7 Å². The highest BCUT2D eigenvalue weighted by atomic mass is 16.5. The van der Waals surface area contributed by atoms with Crippen LogP contribution in [0.3, 0.4) is 0 Å². The number of carbonyl (C=O) groups excluding carboxylic acids is 1. The van der Waals surface area contributed by atoms with Crippen LogP contribution in [0.25, 0.3) is 0 Å². The molecule has 1 atom stereocenters. The summed E-state index contributed by atoms with van der Waals surface area (Å²) in [6, 6.07) is 8.99. The van der Waals surface area contributed by atoms with Crippen molar-refractivity contribution in [3.8, 4) is 11.8 Å². The smallest absolute Gasteiger partial charge is 0.266 e. The minimum absolute atomic E-state index is 0.0881. The number of aryl methyl sites for hydroxylation is 2. The lowest BCUT2D eigenvalue weighted by Gasteiger charge is -2.20. The Bertz CT molecular complexity index is 1190. The number of pyridine rings is 1. The second kappa shape index (κ2) is 9.30. The van der Waals surface area contributed by atoms with Crippen molar-refractivity contribution < 1.29 is 9.53 Å². The molecule has 2 N–H and O–H groups in total. The van der Waals surface area contributed by atoms with Gasteiger partial charge in [-0.2, -0.15) is 5.26 Å². The van der Waals surface area contributed by atoms with Gasteiger partial charge >= 0.3 is 0 Å². The fourth-order valence-electron chi connectivity index (χ4n) is 3.64. The number of methoxy groups -OCH3 is 1. The number of amides is 1. The number of ether oxygens (including phenoxy) is 1. The van der Waals surface area contributed by atoms with Crippen molar-refractivity contribution in [2.75, 3.05) is 7.11 Å². The summed E-state index contributed by atoms with van der Waals surface area (Å²) in [5.41, 5.74) is 2.67. The number of aromatic nitrogens is 3. The van der Waals surface area contributed by atoms with E-state index in [1.807, 2.05) is 48.1 Å². The highest BCUT2D eigenvalue weighted by Gasteiger charge is 2.21. The lowest BCUT2D eigenvalue weighted by molar-refractivity contribution is -0.121. The molecular weight excluding hydrogens is 394 g/mol. The van der Waals surface area contributed by atoms with E-state index in [0.717, 1.165) is 16.9 Å². The summed E-state index contributed by atoms with van der Waals surface area (Å²) in [4.78, 5) is 31.9. The Hall–Kier alpha value is -3.86. The summed E-state index contributed by atoms with van der Waals surface area (Å²) in [6.45, 7) is 3.51. The molecule has 0 radical (unpaired) electrons. The first kappa shape index (κ1) is 21.8. The molecule has 0 saturated carbocycles. The number of nitrogens with one attached hydrogen (secondary N) is 2. The SMILES string of the molecule is COc1ccc(C(NC(=O)CCc2c(C)[nH]c(=O)c(C#N)c2C)c2nccn2C)cc1. The van der Waals surface area contributed by atoms with Gasteiger partial charge in [-0.3, -0.25) is 9.59 Å². The van der Waals surface area contributed by atoms with Gasteiger partial charge in [-0.15, -0.1) is 0 Å². The monoisotopic (exact) mass is 419 g/mol. The molecule has 2 aromatic heterocycles. The van der Waals surface area contributed by atoms with Crippen molar-refractivity contribution >= 4 is 5.91 Å². The number of rotatable bonds is 7. The molecule has 0 spiro atoms. The molecule has 3 aromatic rings. The van der Waals surface area contributed by atoms with E-state index in [0.29, 0.717) is 23.5 Å². The quantitative estimate of drug-likeness (QED) is 0.611. The Morgan fingerprint density at radius 3 is 2.61 bits per heavy atom. The third-order valence-corrected chi connectivity index (χ3v) is 5.39. The van der Waals surface area contributed by atoms with Crippen LogP contribution in [0.1, 0.15) is 46.2 Å². The number of nitrogens with zero attached hydrogens (tertiary/aromatic N) is 3. The van der Waals surface area contributed by atoms with Crippen molar-refractivity contribution in [3.05, 3.63) is 80.8 Å². The van der Waals surface area contributed by atoms with Gasteiger partial charge in [0.15, 0.2) is 0 Å². The van der Waals surface area contributed by atoms with Crippen molar-refractivity contribution in [3.63, 3.8) is 0 Å². The minimum Gasteiger partial charge on any atom is -0.497 e. The molecule has 0 aliphatic rings. The molecule has 31 heavy (non-hydrogen) atoms. The lowest BCUT2D eigenvalue weighted by Crippen LogP contribution is -2.31. The number of imidazole rings is 1. The summed E-state index contributed by atoms with van der Waals surface area (Å²) < 4.78 is 7.09. The van der Waals surface area contributed by atoms with E-state index < -0.39 is 11.6 Å². The first-order chi connectivity index (χ1) is 14.8. The Morgan fingerprint density at radius 2 is 2.03 bits per heavy atom. The van der Waals surface area contributed by atoms with Gasteiger partial charge in [-0.1, -0.05) is 12.1 Å². The third kappa shape index (κ3) is 4.67. The van der Waals surface area contributed by atoms with Gasteiger partial charge in [-0.05, 0) is 49.1 Å². The Kier molecular flexibility index (Phi) is 6.55. The summed E-state index contributed by atoms with van der Waals surface area (Å²) >= 11 is 0. The first-order valence-electron chi connectivity index (χ1n) is 9.88. The average molecular weight is 419 g/mol. The van der Waals surface area contributed by atoms with Crippen molar-refractivity contribution in [1.29, 1.82) is 5.26 Å². The number of hydrogen-bond acceptors (Lipinski definition) is 5. The molecule has 8 heteroatoms. The molecule has 0 saturated heterocycles. The van der Waals surface area contributed by atoms with Gasteiger partial charge in [0.05, 0.1) is 7.11 Å². The molecular formula is C23H25N5O3. The van der Waals surface area contributed by atoms with E-state index in [2.05, 4.69) is 15.3 Å². The van der Waals surface area contributed by atoms with E-state index in [4.69, 9.17) is 4.74 Å². The minimum atomic E-state index is -0.425. The number of nitriles is 1. The van der Waals surface area contributed by atoms with Crippen LogP contribution < -0.4 is 15.6 Å². The maximum atomic E-state index is 12.9. The fraction of sp³-hybridized carbons (Fsp3) is 0.304. The topological polar surface area (TPSA) is 113 Å². The van der Waals surface area contributed by atoms with Crippen LogP contribution in [0.4, 0.5) is 0 Å². The van der Waals surface area contributed by atoms with Crippen LogP contribution in [0, 0.1) is 25.2 Å². The zero-order valence-electron chi connectivity index (χ0n) is 18.0. The van der Waals surface area contributed by atoms with Crippen LogP contribution in [0.15, 0.2) is 41.5 Å².